The first-order valence-electron chi connectivity index (χ1n) is 6.00. The van der Waals surface area contributed by atoms with E-state index in [2.05, 4.69) is 5.32 Å². The van der Waals surface area contributed by atoms with E-state index in [4.69, 9.17) is 4.74 Å². The molecule has 2 aromatic rings. The molecule has 0 aliphatic heterocycles. The van der Waals surface area contributed by atoms with Crippen LogP contribution in [0, 0.1) is 18.6 Å². The van der Waals surface area contributed by atoms with Crippen molar-refractivity contribution in [1.29, 1.82) is 0 Å². The number of hydrogen-bond donors (Lipinski definition) is 1. The summed E-state index contributed by atoms with van der Waals surface area (Å²) in [4.78, 5) is 11.6. The van der Waals surface area contributed by atoms with E-state index in [1.807, 2.05) is 0 Å². The van der Waals surface area contributed by atoms with Gasteiger partial charge in [0.15, 0.2) is 18.2 Å². The Morgan fingerprint density at radius 2 is 1.90 bits per heavy atom. The van der Waals surface area contributed by atoms with Crippen LogP contribution in [0.1, 0.15) is 5.56 Å². The summed E-state index contributed by atoms with van der Waals surface area (Å²) in [6.45, 7) is 1.20. The number of ether oxygens (including phenoxy) is 1. The Hall–Kier alpha value is -2.43. The predicted octanol–water partition coefficient (Wildman–Crippen LogP) is 3.29. The van der Waals surface area contributed by atoms with Crippen molar-refractivity contribution in [2.24, 2.45) is 0 Å². The van der Waals surface area contributed by atoms with Crippen molar-refractivity contribution < 1.29 is 18.3 Å². The molecule has 0 saturated heterocycles. The molecule has 1 N–H and O–H groups in total. The lowest BCUT2D eigenvalue weighted by atomic mass is 10.2. The van der Waals surface area contributed by atoms with Crippen LogP contribution in [0.2, 0.25) is 0 Å². The zero-order valence-electron chi connectivity index (χ0n) is 10.8. The minimum Gasteiger partial charge on any atom is -0.481 e. The minimum absolute atomic E-state index is 0.00585. The standard InChI is InChI=1S/C15H13F2NO2/c1-10-5-4-8-13(15(10)17)20-9-14(19)18-12-7-3-2-6-11(12)16/h2-8H,9H2,1H3,(H,18,19). The van der Waals surface area contributed by atoms with Gasteiger partial charge in [-0.2, -0.15) is 0 Å². The van der Waals surface area contributed by atoms with Gasteiger partial charge in [-0.3, -0.25) is 4.79 Å². The molecule has 0 aliphatic carbocycles. The topological polar surface area (TPSA) is 38.3 Å². The van der Waals surface area contributed by atoms with Crippen molar-refractivity contribution in [1.82, 2.24) is 0 Å². The highest BCUT2D eigenvalue weighted by Crippen LogP contribution is 2.19. The van der Waals surface area contributed by atoms with Crippen molar-refractivity contribution in [3.8, 4) is 5.75 Å². The van der Waals surface area contributed by atoms with Gasteiger partial charge in [0.05, 0.1) is 5.69 Å². The van der Waals surface area contributed by atoms with Crippen LogP contribution in [0.5, 0.6) is 5.75 Å². The van der Waals surface area contributed by atoms with Crippen molar-refractivity contribution in [3.05, 3.63) is 59.7 Å². The number of aryl methyl sites for hydroxylation is 1. The Bertz CT molecular complexity index is 629. The lowest BCUT2D eigenvalue weighted by molar-refractivity contribution is -0.118. The SMILES string of the molecule is Cc1cccc(OCC(=O)Nc2ccccc2F)c1F. The molecule has 2 rings (SSSR count). The Labute approximate surface area is 115 Å². The van der Waals surface area contributed by atoms with Crippen LogP contribution >= 0.6 is 0 Å². The van der Waals surface area contributed by atoms with E-state index < -0.39 is 24.1 Å². The lowest BCUT2D eigenvalue weighted by Gasteiger charge is -2.09. The molecule has 0 saturated carbocycles. The van der Waals surface area contributed by atoms with Crippen LogP contribution in [0.4, 0.5) is 14.5 Å². The quantitative estimate of drug-likeness (QED) is 0.931. The third-order valence-electron chi connectivity index (χ3n) is 2.66. The second-order valence-corrected chi connectivity index (χ2v) is 4.20. The van der Waals surface area contributed by atoms with Crippen LogP contribution in [0.15, 0.2) is 42.5 Å². The molecular formula is C15H13F2NO2. The van der Waals surface area contributed by atoms with Crippen LogP contribution in [0.3, 0.4) is 0 Å². The summed E-state index contributed by atoms with van der Waals surface area (Å²) in [6, 6.07) is 10.4. The molecule has 0 fully saturated rings. The van der Waals surface area contributed by atoms with E-state index in [0.29, 0.717) is 5.56 Å². The van der Waals surface area contributed by atoms with Gasteiger partial charge in [0.2, 0.25) is 0 Å². The molecule has 20 heavy (non-hydrogen) atoms. The zero-order chi connectivity index (χ0) is 14.5. The molecule has 0 heterocycles. The number of benzene rings is 2. The normalized spacial score (nSPS) is 10.2. The second-order valence-electron chi connectivity index (χ2n) is 4.20. The van der Waals surface area contributed by atoms with Gasteiger partial charge in [0, 0.05) is 0 Å². The summed E-state index contributed by atoms with van der Waals surface area (Å²) >= 11 is 0. The second kappa shape index (κ2) is 6.14. The number of nitrogens with one attached hydrogen (secondary N) is 1. The fraction of sp³-hybridized carbons (Fsp3) is 0.133. The Balaban J connectivity index is 1.96. The molecule has 0 bridgehead atoms. The van der Waals surface area contributed by atoms with Crippen molar-refractivity contribution in [2.75, 3.05) is 11.9 Å². The van der Waals surface area contributed by atoms with Gasteiger partial charge in [0.1, 0.15) is 5.82 Å². The van der Waals surface area contributed by atoms with Gasteiger partial charge >= 0.3 is 0 Å². The van der Waals surface area contributed by atoms with Gasteiger partial charge in [-0.15, -0.1) is 0 Å². The van der Waals surface area contributed by atoms with Crippen LogP contribution in [0.25, 0.3) is 0 Å². The van der Waals surface area contributed by atoms with Gasteiger partial charge in [-0.1, -0.05) is 24.3 Å². The van der Waals surface area contributed by atoms with E-state index in [1.54, 1.807) is 25.1 Å². The Morgan fingerprint density at radius 1 is 1.15 bits per heavy atom. The zero-order valence-corrected chi connectivity index (χ0v) is 10.8. The molecule has 104 valence electrons. The van der Waals surface area contributed by atoms with Crippen LogP contribution in [-0.4, -0.2) is 12.5 Å². The number of amides is 1. The first-order chi connectivity index (χ1) is 9.58. The fourth-order valence-electron chi connectivity index (χ4n) is 1.62. The van der Waals surface area contributed by atoms with Crippen LogP contribution < -0.4 is 10.1 Å². The third-order valence-corrected chi connectivity index (χ3v) is 2.66. The largest absolute Gasteiger partial charge is 0.481 e. The van der Waals surface area contributed by atoms with Gasteiger partial charge in [-0.25, -0.2) is 8.78 Å². The lowest BCUT2D eigenvalue weighted by Crippen LogP contribution is -2.21. The van der Waals surface area contributed by atoms with E-state index in [-0.39, 0.29) is 11.4 Å². The minimum atomic E-state index is -0.559. The van der Waals surface area contributed by atoms with Crippen molar-refractivity contribution in [2.45, 2.75) is 6.92 Å². The van der Waals surface area contributed by atoms with E-state index in [1.165, 1.54) is 24.3 Å². The first kappa shape index (κ1) is 14.0. The predicted molar refractivity (Wildman–Crippen MR) is 71.7 cm³/mol. The number of rotatable bonds is 4. The molecule has 0 aromatic heterocycles. The monoisotopic (exact) mass is 277 g/mol. The van der Waals surface area contributed by atoms with Gasteiger partial charge < -0.3 is 10.1 Å². The number of hydrogen-bond acceptors (Lipinski definition) is 2. The van der Waals surface area contributed by atoms with E-state index in [0.717, 1.165) is 0 Å². The number of para-hydroxylation sites is 1. The third kappa shape index (κ3) is 3.32. The van der Waals surface area contributed by atoms with E-state index >= 15 is 0 Å². The van der Waals surface area contributed by atoms with Crippen molar-refractivity contribution >= 4 is 11.6 Å². The number of carbonyl (C=O) groups is 1. The summed E-state index contributed by atoms with van der Waals surface area (Å²) in [5.74, 6) is -1.61. The summed E-state index contributed by atoms with van der Waals surface area (Å²) < 4.78 is 32.0. The smallest absolute Gasteiger partial charge is 0.262 e. The summed E-state index contributed by atoms with van der Waals surface area (Å²) in [5, 5.41) is 2.35. The summed E-state index contributed by atoms with van der Waals surface area (Å²) in [7, 11) is 0. The van der Waals surface area contributed by atoms with E-state index in [9.17, 15) is 13.6 Å². The average molecular weight is 277 g/mol. The highest BCUT2D eigenvalue weighted by Gasteiger charge is 2.10. The maximum absolute atomic E-state index is 13.6. The van der Waals surface area contributed by atoms with Gasteiger partial charge in [0.25, 0.3) is 5.91 Å². The molecule has 0 radical (unpaired) electrons. The molecule has 0 aliphatic rings. The number of halogens is 2. The molecule has 5 heteroatoms. The molecule has 0 atom stereocenters. The number of anilines is 1. The highest BCUT2D eigenvalue weighted by atomic mass is 19.1. The number of carbonyl (C=O) groups excluding carboxylic acids is 1. The molecule has 3 nitrogen and oxygen atoms in total. The average Bonchev–Trinajstić information content (AvgIpc) is 2.43. The molecule has 0 unspecified atom stereocenters. The highest BCUT2D eigenvalue weighted by molar-refractivity contribution is 5.91. The summed E-state index contributed by atoms with van der Waals surface area (Å²) in [5.41, 5.74) is 0.489. The first-order valence-corrected chi connectivity index (χ1v) is 6.00. The Morgan fingerprint density at radius 3 is 2.65 bits per heavy atom. The summed E-state index contributed by atoms with van der Waals surface area (Å²) in [6.07, 6.45) is 0. The van der Waals surface area contributed by atoms with Crippen LogP contribution in [-0.2, 0) is 4.79 Å². The molecule has 1 amide bonds. The Kier molecular flexibility index (Phi) is 4.30. The molecule has 0 spiro atoms. The maximum Gasteiger partial charge on any atom is 0.262 e. The fourth-order valence-corrected chi connectivity index (χ4v) is 1.62. The van der Waals surface area contributed by atoms with Gasteiger partial charge in [-0.05, 0) is 30.7 Å². The maximum atomic E-state index is 13.6. The molecular weight excluding hydrogens is 264 g/mol. The van der Waals surface area contributed by atoms with Crippen molar-refractivity contribution in [3.63, 3.8) is 0 Å². The molecule has 2 aromatic carbocycles.